The Morgan fingerprint density at radius 1 is 1.03 bits per heavy atom. The number of carbonyl (C=O) groups excluding carboxylic acids is 2. The molecule has 0 bridgehead atoms. The molecule has 0 fully saturated rings. The fourth-order valence-corrected chi connectivity index (χ4v) is 2.93. The molecule has 1 heterocycles. The molecule has 7 nitrogen and oxygen atoms in total. The molecule has 2 aromatic carbocycles. The number of hydrogen-bond donors (Lipinski definition) is 0. The molecule has 0 unspecified atom stereocenters. The molecule has 3 rings (SSSR count). The van der Waals surface area contributed by atoms with Gasteiger partial charge in [-0.05, 0) is 30.2 Å². The van der Waals surface area contributed by atoms with E-state index in [2.05, 4.69) is 5.10 Å². The molecular weight excluding hydrogens is 370 g/mol. The van der Waals surface area contributed by atoms with Gasteiger partial charge in [0, 0.05) is 6.54 Å². The number of carbonyl (C=O) groups is 2. The summed E-state index contributed by atoms with van der Waals surface area (Å²) in [4.78, 5) is 26.7. The zero-order valence-corrected chi connectivity index (χ0v) is 16.7. The van der Waals surface area contributed by atoms with Gasteiger partial charge in [0.1, 0.15) is 6.54 Å². The van der Waals surface area contributed by atoms with Crippen LogP contribution in [-0.4, -0.2) is 47.3 Å². The molecule has 0 saturated heterocycles. The highest BCUT2D eigenvalue weighted by molar-refractivity contribution is 5.96. The number of aromatic nitrogens is 2. The highest BCUT2D eigenvalue weighted by Crippen LogP contribution is 2.22. The van der Waals surface area contributed by atoms with Crippen molar-refractivity contribution in [2.45, 2.75) is 13.5 Å². The van der Waals surface area contributed by atoms with Crippen LogP contribution < -0.4 is 4.74 Å². The Labute approximate surface area is 169 Å². The van der Waals surface area contributed by atoms with Crippen LogP contribution in [0, 0.1) is 6.92 Å². The summed E-state index contributed by atoms with van der Waals surface area (Å²) in [5.41, 5.74) is 2.89. The van der Waals surface area contributed by atoms with Crippen LogP contribution in [0.2, 0.25) is 0 Å². The SMILES string of the molecule is COC(=O)CN(Cc1ccccc1C)C(=O)c1nn(-c2ccccc2)cc1OC. The third-order valence-electron chi connectivity index (χ3n) is 4.58. The van der Waals surface area contributed by atoms with E-state index in [1.54, 1.807) is 10.9 Å². The molecule has 29 heavy (non-hydrogen) atoms. The maximum Gasteiger partial charge on any atom is 0.325 e. The van der Waals surface area contributed by atoms with Crippen LogP contribution >= 0.6 is 0 Å². The molecule has 7 heteroatoms. The number of aryl methyl sites for hydroxylation is 1. The van der Waals surface area contributed by atoms with Gasteiger partial charge in [0.05, 0.1) is 26.1 Å². The van der Waals surface area contributed by atoms with Gasteiger partial charge in [-0.3, -0.25) is 9.59 Å². The molecule has 3 aromatic rings. The van der Waals surface area contributed by atoms with Crippen LogP contribution in [0.5, 0.6) is 5.75 Å². The number of benzene rings is 2. The topological polar surface area (TPSA) is 73.7 Å². The highest BCUT2D eigenvalue weighted by atomic mass is 16.5. The maximum atomic E-state index is 13.3. The Morgan fingerprint density at radius 3 is 2.38 bits per heavy atom. The molecule has 150 valence electrons. The lowest BCUT2D eigenvalue weighted by molar-refractivity contribution is -0.141. The van der Waals surface area contributed by atoms with Crippen LogP contribution in [0.25, 0.3) is 5.69 Å². The maximum absolute atomic E-state index is 13.3. The van der Waals surface area contributed by atoms with E-state index in [0.29, 0.717) is 5.75 Å². The van der Waals surface area contributed by atoms with Gasteiger partial charge >= 0.3 is 5.97 Å². The molecule has 0 atom stereocenters. The summed E-state index contributed by atoms with van der Waals surface area (Å²) in [6.07, 6.45) is 1.65. The van der Waals surface area contributed by atoms with Crippen molar-refractivity contribution < 1.29 is 19.1 Å². The lowest BCUT2D eigenvalue weighted by Gasteiger charge is -2.22. The van der Waals surface area contributed by atoms with E-state index in [1.165, 1.54) is 19.1 Å². The zero-order valence-electron chi connectivity index (χ0n) is 16.7. The van der Waals surface area contributed by atoms with Crippen molar-refractivity contribution in [1.82, 2.24) is 14.7 Å². The molecule has 0 saturated carbocycles. The lowest BCUT2D eigenvalue weighted by atomic mass is 10.1. The minimum Gasteiger partial charge on any atom is -0.493 e. The normalized spacial score (nSPS) is 10.4. The van der Waals surface area contributed by atoms with Gasteiger partial charge in [-0.2, -0.15) is 5.10 Å². The fraction of sp³-hybridized carbons (Fsp3) is 0.227. The number of amides is 1. The number of hydrogen-bond acceptors (Lipinski definition) is 5. The van der Waals surface area contributed by atoms with E-state index in [4.69, 9.17) is 9.47 Å². The minimum absolute atomic E-state index is 0.133. The van der Waals surface area contributed by atoms with E-state index in [0.717, 1.165) is 16.8 Å². The van der Waals surface area contributed by atoms with Gasteiger partial charge < -0.3 is 14.4 Å². The molecule has 0 spiro atoms. The smallest absolute Gasteiger partial charge is 0.325 e. The summed E-state index contributed by atoms with van der Waals surface area (Å²) >= 11 is 0. The largest absolute Gasteiger partial charge is 0.493 e. The van der Waals surface area contributed by atoms with Gasteiger partial charge in [0.25, 0.3) is 5.91 Å². The quantitative estimate of drug-likeness (QED) is 0.577. The van der Waals surface area contributed by atoms with Gasteiger partial charge in [-0.1, -0.05) is 42.5 Å². The molecule has 0 aliphatic rings. The van der Waals surface area contributed by atoms with Gasteiger partial charge in [-0.15, -0.1) is 0 Å². The molecule has 1 aromatic heterocycles. The van der Waals surface area contributed by atoms with E-state index < -0.39 is 11.9 Å². The molecule has 0 aliphatic carbocycles. The first-order chi connectivity index (χ1) is 14.0. The molecule has 0 aliphatic heterocycles. The Balaban J connectivity index is 1.95. The number of ether oxygens (including phenoxy) is 2. The highest BCUT2D eigenvalue weighted by Gasteiger charge is 2.26. The number of nitrogens with zero attached hydrogens (tertiary/aromatic N) is 3. The van der Waals surface area contributed by atoms with Crippen molar-refractivity contribution >= 4 is 11.9 Å². The molecule has 1 amide bonds. The Bertz CT molecular complexity index is 998. The third-order valence-corrected chi connectivity index (χ3v) is 4.58. The summed E-state index contributed by atoms with van der Waals surface area (Å²) < 4.78 is 11.7. The second-order valence-corrected chi connectivity index (χ2v) is 6.49. The van der Waals surface area contributed by atoms with Crippen LogP contribution in [0.1, 0.15) is 21.6 Å². The summed E-state index contributed by atoms with van der Waals surface area (Å²) in [6.45, 7) is 2.02. The van der Waals surface area contributed by atoms with Gasteiger partial charge in [0.2, 0.25) is 0 Å². The van der Waals surface area contributed by atoms with Crippen molar-refractivity contribution in [3.05, 3.63) is 77.6 Å². The first-order valence-electron chi connectivity index (χ1n) is 9.13. The monoisotopic (exact) mass is 393 g/mol. The second kappa shape index (κ2) is 9.05. The zero-order chi connectivity index (χ0) is 20.8. The summed E-state index contributed by atoms with van der Waals surface area (Å²) in [6, 6.07) is 17.1. The van der Waals surface area contributed by atoms with Crippen LogP contribution in [0.15, 0.2) is 60.8 Å². The average molecular weight is 393 g/mol. The van der Waals surface area contributed by atoms with Crippen LogP contribution in [0.4, 0.5) is 0 Å². The van der Waals surface area contributed by atoms with Crippen molar-refractivity contribution in [2.24, 2.45) is 0 Å². The van der Waals surface area contributed by atoms with Crippen molar-refractivity contribution in [3.63, 3.8) is 0 Å². The summed E-state index contributed by atoms with van der Waals surface area (Å²) in [7, 11) is 2.78. The Kier molecular flexibility index (Phi) is 6.29. The first kappa shape index (κ1) is 20.1. The van der Waals surface area contributed by atoms with Gasteiger partial charge in [-0.25, -0.2) is 4.68 Å². The van der Waals surface area contributed by atoms with Crippen molar-refractivity contribution in [1.29, 1.82) is 0 Å². The predicted octanol–water partition coefficient (Wildman–Crippen LogP) is 3.00. The van der Waals surface area contributed by atoms with E-state index in [1.807, 2.05) is 61.5 Å². The molecular formula is C22H23N3O4. The molecule has 0 radical (unpaired) electrons. The summed E-state index contributed by atoms with van der Waals surface area (Å²) in [5.74, 6) is -0.586. The van der Waals surface area contributed by atoms with E-state index >= 15 is 0 Å². The van der Waals surface area contributed by atoms with E-state index in [-0.39, 0.29) is 18.8 Å². The number of methoxy groups -OCH3 is 2. The van der Waals surface area contributed by atoms with Crippen molar-refractivity contribution in [2.75, 3.05) is 20.8 Å². The molecule has 0 N–H and O–H groups in total. The number of esters is 1. The van der Waals surface area contributed by atoms with Crippen LogP contribution in [0.3, 0.4) is 0 Å². The Hall–Kier alpha value is -3.61. The minimum atomic E-state index is -0.506. The fourth-order valence-electron chi connectivity index (χ4n) is 2.93. The van der Waals surface area contributed by atoms with Crippen LogP contribution in [-0.2, 0) is 16.1 Å². The standard InChI is InChI=1S/C22H23N3O4/c1-16-9-7-8-10-17(16)13-24(15-20(26)29-3)22(27)21-19(28-2)14-25(23-21)18-11-5-4-6-12-18/h4-12,14H,13,15H2,1-3H3. The van der Waals surface area contributed by atoms with Crippen molar-refractivity contribution in [3.8, 4) is 11.4 Å². The van der Waals surface area contributed by atoms with Gasteiger partial charge in [0.15, 0.2) is 11.4 Å². The third kappa shape index (κ3) is 4.63. The Morgan fingerprint density at radius 2 is 1.72 bits per heavy atom. The lowest BCUT2D eigenvalue weighted by Crippen LogP contribution is -2.36. The van der Waals surface area contributed by atoms with E-state index in [9.17, 15) is 9.59 Å². The predicted molar refractivity (Wildman–Crippen MR) is 108 cm³/mol. The second-order valence-electron chi connectivity index (χ2n) is 6.49. The summed E-state index contributed by atoms with van der Waals surface area (Å²) in [5, 5.41) is 4.42. The number of para-hydroxylation sites is 1. The number of rotatable bonds is 7. The first-order valence-corrected chi connectivity index (χ1v) is 9.13. The average Bonchev–Trinajstić information content (AvgIpc) is 3.19.